The molecule has 3 amide bonds. The van der Waals surface area contributed by atoms with E-state index >= 15 is 0 Å². The van der Waals surface area contributed by atoms with Crippen molar-refractivity contribution in [3.63, 3.8) is 0 Å². The fraction of sp³-hybridized carbons (Fsp3) is 0.348. The van der Waals surface area contributed by atoms with E-state index in [-0.39, 0.29) is 35.1 Å². The van der Waals surface area contributed by atoms with Crippen LogP contribution in [0.2, 0.25) is 0 Å². The van der Waals surface area contributed by atoms with E-state index in [2.05, 4.69) is 27.7 Å². The van der Waals surface area contributed by atoms with E-state index in [1.165, 1.54) is 15.9 Å². The van der Waals surface area contributed by atoms with Gasteiger partial charge in [-0.25, -0.2) is 4.90 Å². The zero-order valence-electron chi connectivity index (χ0n) is 17.2. The van der Waals surface area contributed by atoms with Crippen LogP contribution < -0.4 is 4.90 Å². The lowest BCUT2D eigenvalue weighted by atomic mass is 9.92. The van der Waals surface area contributed by atoms with Gasteiger partial charge in [0, 0.05) is 19.7 Å². The molecule has 28 heavy (non-hydrogen) atoms. The Kier molecular flexibility index (Phi) is 5.11. The number of carbonyl (C=O) groups is 3. The summed E-state index contributed by atoms with van der Waals surface area (Å²) in [5, 5.41) is 0. The van der Waals surface area contributed by atoms with Crippen LogP contribution in [-0.4, -0.2) is 36.7 Å². The minimum atomic E-state index is -0.372. The van der Waals surface area contributed by atoms with Gasteiger partial charge in [0.15, 0.2) is 0 Å². The van der Waals surface area contributed by atoms with Crippen molar-refractivity contribution in [2.45, 2.75) is 39.5 Å². The van der Waals surface area contributed by atoms with Gasteiger partial charge >= 0.3 is 0 Å². The van der Waals surface area contributed by atoms with Crippen molar-refractivity contribution in [3.8, 4) is 0 Å². The van der Waals surface area contributed by atoms with Crippen molar-refractivity contribution in [2.24, 2.45) is 0 Å². The predicted octanol–water partition coefficient (Wildman–Crippen LogP) is 4.44. The molecule has 0 aliphatic carbocycles. The highest BCUT2D eigenvalue weighted by atomic mass is 16.2. The van der Waals surface area contributed by atoms with Crippen molar-refractivity contribution in [1.29, 1.82) is 0 Å². The Bertz CT molecular complexity index is 948. The summed E-state index contributed by atoms with van der Waals surface area (Å²) in [7, 11) is 3.31. The molecule has 3 rings (SSSR count). The number of nitrogens with zero attached hydrogens (tertiary/aromatic N) is 2. The van der Waals surface area contributed by atoms with Gasteiger partial charge in [-0.15, -0.1) is 0 Å². The number of rotatable bonds is 4. The third kappa shape index (κ3) is 3.11. The zero-order valence-corrected chi connectivity index (χ0v) is 17.2. The molecule has 0 unspecified atom stereocenters. The standard InChI is InChI=1S/C23H26N2O3/c1-13(2)16-8-7-9-17(14(3)4)20(16)25-22(27)18-11-10-15(21(26)24(5)6)12-19(18)23(25)28/h7-14H,1-6H3. The maximum atomic E-state index is 13.3. The molecular formula is C23H26N2O3. The van der Waals surface area contributed by atoms with Crippen molar-refractivity contribution in [3.05, 3.63) is 64.2 Å². The molecule has 2 aromatic carbocycles. The van der Waals surface area contributed by atoms with E-state index in [1.807, 2.05) is 18.2 Å². The van der Waals surface area contributed by atoms with Crippen LogP contribution in [0.4, 0.5) is 5.69 Å². The highest BCUT2D eigenvalue weighted by molar-refractivity contribution is 6.35. The summed E-state index contributed by atoms with van der Waals surface area (Å²) in [5.41, 5.74) is 3.63. The van der Waals surface area contributed by atoms with Crippen molar-refractivity contribution >= 4 is 23.4 Å². The molecule has 5 nitrogen and oxygen atoms in total. The topological polar surface area (TPSA) is 57.7 Å². The second kappa shape index (κ2) is 7.23. The summed E-state index contributed by atoms with van der Waals surface area (Å²) in [6.45, 7) is 8.20. The Hall–Kier alpha value is -2.95. The van der Waals surface area contributed by atoms with Crippen LogP contribution in [0.1, 0.15) is 81.7 Å². The Labute approximate surface area is 166 Å². The molecule has 0 spiro atoms. The average Bonchev–Trinajstić information content (AvgIpc) is 2.90. The smallest absolute Gasteiger partial charge is 0.266 e. The van der Waals surface area contributed by atoms with E-state index in [0.29, 0.717) is 16.8 Å². The molecule has 2 aromatic rings. The van der Waals surface area contributed by atoms with Gasteiger partial charge in [0.05, 0.1) is 16.8 Å². The van der Waals surface area contributed by atoms with Gasteiger partial charge in [0.1, 0.15) is 0 Å². The molecule has 0 atom stereocenters. The van der Waals surface area contributed by atoms with E-state index in [0.717, 1.165) is 11.1 Å². The van der Waals surface area contributed by atoms with Crippen LogP contribution in [0.15, 0.2) is 36.4 Å². The summed E-state index contributed by atoms with van der Waals surface area (Å²) in [6, 6.07) is 10.6. The first kappa shape index (κ1) is 19.8. The van der Waals surface area contributed by atoms with Crippen LogP contribution >= 0.6 is 0 Å². The summed E-state index contributed by atoms with van der Waals surface area (Å²) in [5.74, 6) is -0.595. The monoisotopic (exact) mass is 378 g/mol. The summed E-state index contributed by atoms with van der Waals surface area (Å²) < 4.78 is 0. The first-order valence-electron chi connectivity index (χ1n) is 9.52. The highest BCUT2D eigenvalue weighted by Gasteiger charge is 2.39. The molecule has 5 heteroatoms. The number of hydrogen-bond acceptors (Lipinski definition) is 3. The lowest BCUT2D eigenvalue weighted by Gasteiger charge is -2.25. The maximum Gasteiger partial charge on any atom is 0.266 e. The number of anilines is 1. The number of hydrogen-bond donors (Lipinski definition) is 0. The molecule has 0 radical (unpaired) electrons. The number of imide groups is 1. The molecule has 1 heterocycles. The quantitative estimate of drug-likeness (QED) is 0.739. The molecule has 1 aliphatic rings. The largest absolute Gasteiger partial charge is 0.345 e. The van der Waals surface area contributed by atoms with Crippen LogP contribution in [0.25, 0.3) is 0 Å². The predicted molar refractivity (Wildman–Crippen MR) is 110 cm³/mol. The fourth-order valence-electron chi connectivity index (χ4n) is 3.61. The summed E-state index contributed by atoms with van der Waals surface area (Å²) >= 11 is 0. The first-order chi connectivity index (χ1) is 13.1. The maximum absolute atomic E-state index is 13.3. The molecule has 0 N–H and O–H groups in total. The summed E-state index contributed by atoms with van der Waals surface area (Å²) in [4.78, 5) is 41.5. The van der Waals surface area contributed by atoms with Gasteiger partial charge in [0.2, 0.25) is 0 Å². The van der Waals surface area contributed by atoms with Crippen molar-refractivity contribution < 1.29 is 14.4 Å². The van der Waals surface area contributed by atoms with Gasteiger partial charge in [-0.2, -0.15) is 0 Å². The molecular weight excluding hydrogens is 352 g/mol. The minimum absolute atomic E-state index is 0.156. The second-order valence-electron chi connectivity index (χ2n) is 8.00. The highest BCUT2D eigenvalue weighted by Crippen LogP contribution is 2.39. The van der Waals surface area contributed by atoms with Crippen LogP contribution in [0.3, 0.4) is 0 Å². The molecule has 146 valence electrons. The van der Waals surface area contributed by atoms with E-state index in [9.17, 15) is 14.4 Å². The SMILES string of the molecule is CC(C)c1cccc(C(C)C)c1N1C(=O)c2ccc(C(=O)N(C)C)cc2C1=O. The van der Waals surface area contributed by atoms with Crippen LogP contribution in [0, 0.1) is 0 Å². The Morgan fingerprint density at radius 2 is 1.39 bits per heavy atom. The molecule has 0 aromatic heterocycles. The normalized spacial score (nSPS) is 13.5. The second-order valence-corrected chi connectivity index (χ2v) is 8.00. The Morgan fingerprint density at radius 3 is 1.89 bits per heavy atom. The van der Waals surface area contributed by atoms with Crippen molar-refractivity contribution in [1.82, 2.24) is 4.90 Å². The number of fused-ring (bicyclic) bond motifs is 1. The molecule has 0 fully saturated rings. The van der Waals surface area contributed by atoms with Gasteiger partial charge < -0.3 is 4.90 Å². The number of amides is 3. The van der Waals surface area contributed by atoms with Crippen molar-refractivity contribution in [2.75, 3.05) is 19.0 Å². The van der Waals surface area contributed by atoms with E-state index < -0.39 is 0 Å². The third-order valence-electron chi connectivity index (χ3n) is 5.11. The van der Waals surface area contributed by atoms with Gasteiger partial charge in [-0.3, -0.25) is 14.4 Å². The minimum Gasteiger partial charge on any atom is -0.345 e. The molecule has 0 saturated heterocycles. The zero-order chi connectivity index (χ0) is 20.7. The number of para-hydroxylation sites is 1. The number of benzene rings is 2. The Balaban J connectivity index is 2.17. The number of carbonyl (C=O) groups excluding carboxylic acids is 3. The van der Waals surface area contributed by atoms with Crippen LogP contribution in [0.5, 0.6) is 0 Å². The van der Waals surface area contributed by atoms with Gasteiger partial charge in [-0.05, 0) is 41.2 Å². The lowest BCUT2D eigenvalue weighted by molar-refractivity contribution is 0.0827. The third-order valence-corrected chi connectivity index (χ3v) is 5.11. The lowest BCUT2D eigenvalue weighted by Crippen LogP contribution is -2.31. The first-order valence-corrected chi connectivity index (χ1v) is 9.52. The Morgan fingerprint density at radius 1 is 0.857 bits per heavy atom. The van der Waals surface area contributed by atoms with Gasteiger partial charge in [-0.1, -0.05) is 45.9 Å². The average molecular weight is 378 g/mol. The fourth-order valence-corrected chi connectivity index (χ4v) is 3.61. The van der Waals surface area contributed by atoms with E-state index in [1.54, 1.807) is 26.2 Å². The van der Waals surface area contributed by atoms with Crippen LogP contribution in [-0.2, 0) is 0 Å². The van der Waals surface area contributed by atoms with E-state index in [4.69, 9.17) is 0 Å². The molecule has 1 aliphatic heterocycles. The summed E-state index contributed by atoms with van der Waals surface area (Å²) in [6.07, 6.45) is 0. The molecule has 0 saturated carbocycles. The molecule has 0 bridgehead atoms. The van der Waals surface area contributed by atoms with Gasteiger partial charge in [0.25, 0.3) is 17.7 Å².